The summed E-state index contributed by atoms with van der Waals surface area (Å²) in [5, 5.41) is 0. The lowest BCUT2D eigenvalue weighted by molar-refractivity contribution is -0.163. The summed E-state index contributed by atoms with van der Waals surface area (Å²) < 4.78 is 33.9. The largest absolute Gasteiger partial charge is 0.378 e. The molecule has 0 spiro atoms. The van der Waals surface area contributed by atoms with Gasteiger partial charge < -0.3 is 9.64 Å². The van der Waals surface area contributed by atoms with E-state index in [0.717, 1.165) is 0 Å². The molecule has 2 rings (SSSR count). The third kappa shape index (κ3) is 2.61. The molecule has 0 bridgehead atoms. The Kier molecular flexibility index (Phi) is 3.85. The molecule has 19 heavy (non-hydrogen) atoms. The second kappa shape index (κ2) is 5.25. The number of rotatable bonds is 2. The van der Waals surface area contributed by atoms with Gasteiger partial charge in [0.05, 0.1) is 13.2 Å². The lowest BCUT2D eigenvalue weighted by atomic mass is 9.96. The van der Waals surface area contributed by atoms with Crippen LogP contribution in [0, 0.1) is 13.8 Å². The lowest BCUT2D eigenvalue weighted by Crippen LogP contribution is -2.47. The molecule has 1 aliphatic heterocycles. The first kappa shape index (κ1) is 13.9. The standard InChI is InChI=1S/C14H17F2NO2/c1-10-4-3-5-11(2)12(10)14(15,16)13(18)17-6-8-19-9-7-17/h3-5H,6-9H2,1-2H3. The van der Waals surface area contributed by atoms with E-state index in [-0.39, 0.29) is 18.7 Å². The smallest absolute Gasteiger partial charge is 0.350 e. The summed E-state index contributed by atoms with van der Waals surface area (Å²) >= 11 is 0. The molecule has 1 saturated heterocycles. The fraction of sp³-hybridized carbons (Fsp3) is 0.500. The number of aryl methyl sites for hydroxylation is 2. The van der Waals surface area contributed by atoms with E-state index in [9.17, 15) is 13.6 Å². The minimum Gasteiger partial charge on any atom is -0.378 e. The minimum atomic E-state index is -3.48. The fourth-order valence-electron chi connectivity index (χ4n) is 2.38. The van der Waals surface area contributed by atoms with E-state index in [0.29, 0.717) is 24.3 Å². The summed E-state index contributed by atoms with van der Waals surface area (Å²) in [4.78, 5) is 13.2. The van der Waals surface area contributed by atoms with Crippen molar-refractivity contribution in [1.29, 1.82) is 0 Å². The van der Waals surface area contributed by atoms with Crippen LogP contribution in [0.1, 0.15) is 16.7 Å². The Morgan fingerprint density at radius 2 is 1.74 bits per heavy atom. The van der Waals surface area contributed by atoms with Crippen LogP contribution in [0.3, 0.4) is 0 Å². The molecule has 3 nitrogen and oxygen atoms in total. The number of benzene rings is 1. The van der Waals surface area contributed by atoms with Crippen LogP contribution in [0.25, 0.3) is 0 Å². The van der Waals surface area contributed by atoms with Crippen molar-refractivity contribution in [2.75, 3.05) is 26.3 Å². The molecule has 1 heterocycles. The third-order valence-electron chi connectivity index (χ3n) is 3.36. The van der Waals surface area contributed by atoms with Crippen molar-refractivity contribution >= 4 is 5.91 Å². The average Bonchev–Trinajstić information content (AvgIpc) is 2.38. The van der Waals surface area contributed by atoms with Crippen LogP contribution < -0.4 is 0 Å². The number of carbonyl (C=O) groups is 1. The summed E-state index contributed by atoms with van der Waals surface area (Å²) in [5.74, 6) is -4.61. The maximum atomic E-state index is 14.4. The van der Waals surface area contributed by atoms with Gasteiger partial charge in [0.15, 0.2) is 0 Å². The number of nitrogens with zero attached hydrogens (tertiary/aromatic N) is 1. The Labute approximate surface area is 111 Å². The van der Waals surface area contributed by atoms with Gasteiger partial charge in [-0.05, 0) is 25.0 Å². The van der Waals surface area contributed by atoms with E-state index >= 15 is 0 Å². The molecule has 0 atom stereocenters. The van der Waals surface area contributed by atoms with E-state index in [1.54, 1.807) is 32.0 Å². The van der Waals surface area contributed by atoms with Gasteiger partial charge >= 0.3 is 5.92 Å². The Morgan fingerprint density at radius 3 is 2.26 bits per heavy atom. The topological polar surface area (TPSA) is 29.5 Å². The molecule has 1 fully saturated rings. The molecule has 0 aliphatic carbocycles. The van der Waals surface area contributed by atoms with Crippen molar-refractivity contribution < 1.29 is 18.3 Å². The van der Waals surface area contributed by atoms with Gasteiger partial charge in [0.1, 0.15) is 0 Å². The first-order chi connectivity index (χ1) is 8.94. The zero-order chi connectivity index (χ0) is 14.0. The monoisotopic (exact) mass is 269 g/mol. The molecule has 0 aromatic heterocycles. The Morgan fingerprint density at radius 1 is 1.21 bits per heavy atom. The molecule has 0 unspecified atom stereocenters. The molecule has 1 amide bonds. The predicted molar refractivity (Wildman–Crippen MR) is 67.2 cm³/mol. The Bertz CT molecular complexity index is 462. The maximum absolute atomic E-state index is 14.4. The van der Waals surface area contributed by atoms with E-state index < -0.39 is 11.8 Å². The SMILES string of the molecule is Cc1cccc(C)c1C(F)(F)C(=O)N1CCOCC1. The molecule has 5 heteroatoms. The van der Waals surface area contributed by atoms with Crippen LogP contribution >= 0.6 is 0 Å². The number of amides is 1. The van der Waals surface area contributed by atoms with Crippen molar-refractivity contribution in [2.24, 2.45) is 0 Å². The van der Waals surface area contributed by atoms with Crippen LogP contribution in [0.5, 0.6) is 0 Å². The van der Waals surface area contributed by atoms with Crippen molar-refractivity contribution in [1.82, 2.24) is 4.90 Å². The number of hydrogen-bond acceptors (Lipinski definition) is 2. The normalized spacial score (nSPS) is 16.5. The van der Waals surface area contributed by atoms with E-state index in [4.69, 9.17) is 4.74 Å². The highest BCUT2D eigenvalue weighted by atomic mass is 19.3. The van der Waals surface area contributed by atoms with Gasteiger partial charge in [-0.1, -0.05) is 18.2 Å². The predicted octanol–water partition coefficient (Wildman–Crippen LogP) is 2.25. The van der Waals surface area contributed by atoms with Crippen LogP contribution in [0.15, 0.2) is 18.2 Å². The van der Waals surface area contributed by atoms with Gasteiger partial charge in [-0.2, -0.15) is 8.78 Å². The molecule has 0 saturated carbocycles. The number of hydrogen-bond donors (Lipinski definition) is 0. The second-order valence-electron chi connectivity index (χ2n) is 4.75. The highest BCUT2D eigenvalue weighted by Crippen LogP contribution is 2.35. The van der Waals surface area contributed by atoms with Crippen molar-refractivity contribution in [3.63, 3.8) is 0 Å². The highest BCUT2D eigenvalue weighted by Gasteiger charge is 2.46. The van der Waals surface area contributed by atoms with Crippen molar-refractivity contribution in [2.45, 2.75) is 19.8 Å². The molecule has 1 aromatic rings. The van der Waals surface area contributed by atoms with E-state index in [1.807, 2.05) is 0 Å². The molecule has 0 radical (unpaired) electrons. The van der Waals surface area contributed by atoms with Gasteiger partial charge in [-0.3, -0.25) is 4.79 Å². The maximum Gasteiger partial charge on any atom is 0.350 e. The number of halogens is 2. The summed E-state index contributed by atoms with van der Waals surface area (Å²) in [5.41, 5.74) is 0.699. The number of alkyl halides is 2. The van der Waals surface area contributed by atoms with Gasteiger partial charge in [0, 0.05) is 18.7 Å². The van der Waals surface area contributed by atoms with Crippen molar-refractivity contribution in [3.8, 4) is 0 Å². The highest BCUT2D eigenvalue weighted by molar-refractivity contribution is 5.85. The molecule has 1 aliphatic rings. The van der Waals surface area contributed by atoms with Crippen LogP contribution in [0.2, 0.25) is 0 Å². The number of carbonyl (C=O) groups excluding carboxylic acids is 1. The van der Waals surface area contributed by atoms with Crippen LogP contribution in [-0.4, -0.2) is 37.1 Å². The quantitative estimate of drug-likeness (QED) is 0.824. The van der Waals surface area contributed by atoms with Gasteiger partial charge in [0.2, 0.25) is 0 Å². The molecule has 0 N–H and O–H groups in total. The van der Waals surface area contributed by atoms with Crippen LogP contribution in [-0.2, 0) is 15.5 Å². The van der Waals surface area contributed by atoms with Crippen molar-refractivity contribution in [3.05, 3.63) is 34.9 Å². The number of ether oxygens (including phenoxy) is 1. The zero-order valence-electron chi connectivity index (χ0n) is 11.1. The van der Waals surface area contributed by atoms with Gasteiger partial charge in [-0.15, -0.1) is 0 Å². The first-order valence-electron chi connectivity index (χ1n) is 6.26. The Hall–Kier alpha value is -1.49. The lowest BCUT2D eigenvalue weighted by Gasteiger charge is -2.31. The average molecular weight is 269 g/mol. The number of morpholine rings is 1. The van der Waals surface area contributed by atoms with Gasteiger partial charge in [0.25, 0.3) is 5.91 Å². The molecular formula is C14H17F2NO2. The summed E-state index contributed by atoms with van der Waals surface area (Å²) in [7, 11) is 0. The summed E-state index contributed by atoms with van der Waals surface area (Å²) in [6, 6.07) is 4.91. The molecular weight excluding hydrogens is 252 g/mol. The second-order valence-corrected chi connectivity index (χ2v) is 4.75. The molecule has 1 aromatic carbocycles. The van der Waals surface area contributed by atoms with E-state index in [1.165, 1.54) is 4.90 Å². The third-order valence-corrected chi connectivity index (χ3v) is 3.36. The minimum absolute atomic E-state index is 0.175. The van der Waals surface area contributed by atoms with Crippen LogP contribution in [0.4, 0.5) is 8.78 Å². The van der Waals surface area contributed by atoms with E-state index in [2.05, 4.69) is 0 Å². The summed E-state index contributed by atoms with van der Waals surface area (Å²) in [6.45, 7) is 4.27. The Balaban J connectivity index is 2.33. The zero-order valence-corrected chi connectivity index (χ0v) is 11.1. The summed E-state index contributed by atoms with van der Waals surface area (Å²) in [6.07, 6.45) is 0. The molecule has 104 valence electrons. The van der Waals surface area contributed by atoms with Gasteiger partial charge in [-0.25, -0.2) is 0 Å². The first-order valence-corrected chi connectivity index (χ1v) is 6.26. The fourth-order valence-corrected chi connectivity index (χ4v) is 2.38.